The van der Waals surface area contributed by atoms with Crippen LogP contribution in [0.3, 0.4) is 0 Å². The molecule has 150 valence electrons. The smallest absolute Gasteiger partial charge is 0.279 e. The number of ether oxygens (including phenoxy) is 2. The first-order chi connectivity index (χ1) is 13.9. The van der Waals surface area contributed by atoms with Crippen molar-refractivity contribution in [1.82, 2.24) is 15.5 Å². The SMILES string of the molecule is Cc1ccc(NS(=O)(=O)c2[nH]ncc2C(=O)NCc2ccc3c(c2)OCO3)cc1. The molecule has 3 aromatic rings. The highest BCUT2D eigenvalue weighted by atomic mass is 32.2. The van der Waals surface area contributed by atoms with E-state index in [2.05, 4.69) is 20.2 Å². The van der Waals surface area contributed by atoms with Crippen molar-refractivity contribution >= 4 is 21.6 Å². The summed E-state index contributed by atoms with van der Waals surface area (Å²) < 4.78 is 38.4. The van der Waals surface area contributed by atoms with Crippen LogP contribution in [0.25, 0.3) is 0 Å². The molecular weight excluding hydrogens is 396 g/mol. The lowest BCUT2D eigenvalue weighted by atomic mass is 10.2. The van der Waals surface area contributed by atoms with Gasteiger partial charge in [-0.25, -0.2) is 0 Å². The lowest BCUT2D eigenvalue weighted by molar-refractivity contribution is 0.0947. The lowest BCUT2D eigenvalue weighted by Gasteiger charge is -2.09. The first-order valence-electron chi connectivity index (χ1n) is 8.72. The molecule has 0 saturated heterocycles. The average molecular weight is 414 g/mol. The van der Waals surface area contributed by atoms with Gasteiger partial charge >= 0.3 is 0 Å². The molecule has 0 saturated carbocycles. The van der Waals surface area contributed by atoms with Crippen molar-refractivity contribution in [1.29, 1.82) is 0 Å². The van der Waals surface area contributed by atoms with E-state index >= 15 is 0 Å². The number of rotatable bonds is 6. The van der Waals surface area contributed by atoms with Crippen LogP contribution in [0.15, 0.2) is 53.7 Å². The minimum Gasteiger partial charge on any atom is -0.454 e. The second kappa shape index (κ2) is 7.47. The highest BCUT2D eigenvalue weighted by Crippen LogP contribution is 2.32. The summed E-state index contributed by atoms with van der Waals surface area (Å²) in [7, 11) is -4.01. The van der Waals surface area contributed by atoms with Crippen LogP contribution in [-0.2, 0) is 16.6 Å². The Hall–Kier alpha value is -3.53. The van der Waals surface area contributed by atoms with E-state index in [9.17, 15) is 13.2 Å². The van der Waals surface area contributed by atoms with Crippen molar-refractivity contribution in [2.45, 2.75) is 18.5 Å². The first-order valence-corrected chi connectivity index (χ1v) is 10.2. The molecule has 1 amide bonds. The largest absolute Gasteiger partial charge is 0.454 e. The number of nitrogens with one attached hydrogen (secondary N) is 3. The third-order valence-electron chi connectivity index (χ3n) is 4.31. The van der Waals surface area contributed by atoms with Gasteiger partial charge in [0.05, 0.1) is 11.8 Å². The van der Waals surface area contributed by atoms with E-state index in [1.807, 2.05) is 6.92 Å². The van der Waals surface area contributed by atoms with Crippen LogP contribution in [-0.4, -0.2) is 31.3 Å². The zero-order valence-corrected chi connectivity index (χ0v) is 16.2. The third kappa shape index (κ3) is 4.02. The monoisotopic (exact) mass is 414 g/mol. The van der Waals surface area contributed by atoms with E-state index in [4.69, 9.17) is 9.47 Å². The minimum atomic E-state index is -4.01. The summed E-state index contributed by atoms with van der Waals surface area (Å²) in [6.45, 7) is 2.25. The summed E-state index contributed by atoms with van der Waals surface area (Å²) >= 11 is 0. The van der Waals surface area contributed by atoms with E-state index in [0.29, 0.717) is 17.2 Å². The average Bonchev–Trinajstić information content (AvgIpc) is 3.37. The van der Waals surface area contributed by atoms with Gasteiger partial charge in [0.2, 0.25) is 6.79 Å². The molecular formula is C19H18N4O5S. The molecule has 4 rings (SSSR count). The Morgan fingerprint density at radius 2 is 1.90 bits per heavy atom. The first kappa shape index (κ1) is 18.8. The molecule has 2 aromatic carbocycles. The van der Waals surface area contributed by atoms with Crippen molar-refractivity contribution in [3.8, 4) is 11.5 Å². The van der Waals surface area contributed by atoms with Crippen LogP contribution in [0.5, 0.6) is 11.5 Å². The van der Waals surface area contributed by atoms with Gasteiger partial charge in [-0.1, -0.05) is 23.8 Å². The maximum Gasteiger partial charge on any atom is 0.279 e. The fourth-order valence-electron chi connectivity index (χ4n) is 2.80. The maximum absolute atomic E-state index is 12.7. The number of H-pyrrole nitrogens is 1. The third-order valence-corrected chi connectivity index (χ3v) is 5.66. The van der Waals surface area contributed by atoms with Crippen molar-refractivity contribution in [3.05, 3.63) is 65.4 Å². The topological polar surface area (TPSA) is 122 Å². The molecule has 2 heterocycles. The van der Waals surface area contributed by atoms with Gasteiger partial charge in [-0.15, -0.1) is 0 Å². The molecule has 0 atom stereocenters. The Morgan fingerprint density at radius 3 is 2.69 bits per heavy atom. The van der Waals surface area contributed by atoms with Crippen molar-refractivity contribution in [2.75, 3.05) is 11.5 Å². The number of fused-ring (bicyclic) bond motifs is 1. The second-order valence-corrected chi connectivity index (χ2v) is 8.07. The molecule has 0 unspecified atom stereocenters. The van der Waals surface area contributed by atoms with Crippen LogP contribution in [0.2, 0.25) is 0 Å². The molecule has 9 nitrogen and oxygen atoms in total. The highest BCUT2D eigenvalue weighted by molar-refractivity contribution is 7.92. The standard InChI is InChI=1S/C19H18N4O5S/c1-12-2-5-14(6-3-12)23-29(25,26)19-15(10-21-22-19)18(24)20-9-13-4-7-16-17(8-13)28-11-27-16/h2-8,10,23H,9,11H2,1H3,(H,20,24)(H,21,22). The van der Waals surface area contributed by atoms with Crippen LogP contribution >= 0.6 is 0 Å². The van der Waals surface area contributed by atoms with Crippen molar-refractivity contribution in [3.63, 3.8) is 0 Å². The number of hydrogen-bond donors (Lipinski definition) is 3. The van der Waals surface area contributed by atoms with Crippen molar-refractivity contribution in [2.24, 2.45) is 0 Å². The summed E-state index contributed by atoms with van der Waals surface area (Å²) in [5, 5.41) is 8.50. The number of anilines is 1. The number of hydrogen-bond acceptors (Lipinski definition) is 6. The predicted octanol–water partition coefficient (Wildman–Crippen LogP) is 2.18. The lowest BCUT2D eigenvalue weighted by Crippen LogP contribution is -2.25. The second-order valence-electron chi connectivity index (χ2n) is 6.45. The molecule has 3 N–H and O–H groups in total. The molecule has 1 aromatic heterocycles. The van der Waals surface area contributed by atoms with Gasteiger partial charge in [0.15, 0.2) is 16.5 Å². The summed E-state index contributed by atoms with van der Waals surface area (Å²) in [5.74, 6) is 0.678. The van der Waals surface area contributed by atoms with Gasteiger partial charge in [0.1, 0.15) is 0 Å². The fourth-order valence-corrected chi connectivity index (χ4v) is 3.95. The van der Waals surface area contributed by atoms with Crippen LogP contribution in [0.4, 0.5) is 5.69 Å². The molecule has 0 aliphatic carbocycles. The predicted molar refractivity (Wildman–Crippen MR) is 104 cm³/mol. The Balaban J connectivity index is 1.47. The number of benzene rings is 2. The highest BCUT2D eigenvalue weighted by Gasteiger charge is 2.25. The van der Waals surface area contributed by atoms with Crippen molar-refractivity contribution < 1.29 is 22.7 Å². The van der Waals surface area contributed by atoms with E-state index < -0.39 is 15.9 Å². The Labute approximate surface area is 167 Å². The molecule has 1 aliphatic rings. The van der Waals surface area contributed by atoms with Crippen LogP contribution < -0.4 is 19.5 Å². The van der Waals surface area contributed by atoms with E-state index in [1.54, 1.807) is 42.5 Å². The van der Waals surface area contributed by atoms with Gasteiger partial charge in [-0.05, 0) is 36.8 Å². The number of aromatic nitrogens is 2. The van der Waals surface area contributed by atoms with E-state index in [0.717, 1.165) is 11.1 Å². The Morgan fingerprint density at radius 1 is 1.14 bits per heavy atom. The quantitative estimate of drug-likeness (QED) is 0.568. The number of aromatic amines is 1. The molecule has 29 heavy (non-hydrogen) atoms. The fraction of sp³-hybridized carbons (Fsp3) is 0.158. The summed E-state index contributed by atoms with van der Waals surface area (Å²) in [6, 6.07) is 12.1. The minimum absolute atomic E-state index is 0.0784. The zero-order chi connectivity index (χ0) is 20.4. The normalized spacial score (nSPS) is 12.6. The maximum atomic E-state index is 12.7. The molecule has 0 spiro atoms. The Kier molecular flexibility index (Phi) is 4.85. The number of amides is 1. The number of carbonyl (C=O) groups excluding carboxylic acids is 1. The summed E-state index contributed by atoms with van der Waals surface area (Å²) in [4.78, 5) is 12.6. The molecule has 0 radical (unpaired) electrons. The number of carbonyl (C=O) groups is 1. The summed E-state index contributed by atoms with van der Waals surface area (Å²) in [6.07, 6.45) is 1.18. The van der Waals surface area contributed by atoms with Gasteiger partial charge in [0.25, 0.3) is 15.9 Å². The molecule has 0 fully saturated rings. The molecule has 10 heteroatoms. The number of nitrogens with zero attached hydrogens (tertiary/aromatic N) is 1. The van der Waals surface area contributed by atoms with Crippen LogP contribution in [0.1, 0.15) is 21.5 Å². The number of aryl methyl sites for hydroxylation is 1. The van der Waals surface area contributed by atoms with Gasteiger partial charge in [-0.3, -0.25) is 14.6 Å². The van der Waals surface area contributed by atoms with E-state index in [-0.39, 0.29) is 23.9 Å². The summed E-state index contributed by atoms with van der Waals surface area (Å²) in [5.41, 5.74) is 2.09. The number of sulfonamides is 1. The molecule has 0 bridgehead atoms. The Bertz CT molecular complexity index is 1160. The zero-order valence-electron chi connectivity index (χ0n) is 15.4. The van der Waals surface area contributed by atoms with Crippen LogP contribution in [0, 0.1) is 6.92 Å². The van der Waals surface area contributed by atoms with Gasteiger partial charge < -0.3 is 14.8 Å². The van der Waals surface area contributed by atoms with Gasteiger partial charge in [-0.2, -0.15) is 13.5 Å². The van der Waals surface area contributed by atoms with E-state index in [1.165, 1.54) is 6.20 Å². The molecule has 1 aliphatic heterocycles. The van der Waals surface area contributed by atoms with Gasteiger partial charge in [0, 0.05) is 12.2 Å².